The van der Waals surface area contributed by atoms with Gasteiger partial charge in [0.05, 0.1) is 5.25 Å². The molecule has 0 radical (unpaired) electrons. The molecule has 0 spiro atoms. The molecule has 1 aromatic heterocycles. The quantitative estimate of drug-likeness (QED) is 0.547. The first kappa shape index (κ1) is 19.1. The van der Waals surface area contributed by atoms with E-state index in [0.29, 0.717) is 24.7 Å². The SMILES string of the molecule is COCCCn1c(S[C@@H](C)C(=O)Nc2c(F)cccc2F)n[nH]c1=O. The third-order valence-electron chi connectivity index (χ3n) is 3.32. The summed E-state index contributed by atoms with van der Waals surface area (Å²) in [6, 6.07) is 3.32. The van der Waals surface area contributed by atoms with E-state index in [2.05, 4.69) is 15.5 Å². The molecule has 1 aromatic carbocycles. The van der Waals surface area contributed by atoms with Crippen LogP contribution in [0.2, 0.25) is 0 Å². The molecule has 10 heteroatoms. The van der Waals surface area contributed by atoms with E-state index in [9.17, 15) is 18.4 Å². The maximum Gasteiger partial charge on any atom is 0.343 e. The summed E-state index contributed by atoms with van der Waals surface area (Å²) in [7, 11) is 1.56. The number of carbonyl (C=O) groups is 1. The van der Waals surface area contributed by atoms with Crippen LogP contribution >= 0.6 is 11.8 Å². The summed E-state index contributed by atoms with van der Waals surface area (Å²) in [4.78, 5) is 23.9. The zero-order valence-electron chi connectivity index (χ0n) is 13.7. The van der Waals surface area contributed by atoms with Crippen LogP contribution in [0.25, 0.3) is 0 Å². The van der Waals surface area contributed by atoms with Gasteiger partial charge in [-0.2, -0.15) is 0 Å². The second-order valence-corrected chi connectivity index (χ2v) is 6.46. The highest BCUT2D eigenvalue weighted by Gasteiger charge is 2.21. The number of anilines is 1. The Kier molecular flexibility index (Phi) is 6.71. The van der Waals surface area contributed by atoms with Crippen molar-refractivity contribution in [3.63, 3.8) is 0 Å². The lowest BCUT2D eigenvalue weighted by Crippen LogP contribution is -2.25. The number of aromatic nitrogens is 3. The van der Waals surface area contributed by atoms with E-state index >= 15 is 0 Å². The van der Waals surface area contributed by atoms with Gasteiger partial charge in [-0.3, -0.25) is 9.36 Å². The number of ether oxygens (including phenoxy) is 1. The summed E-state index contributed by atoms with van der Waals surface area (Å²) >= 11 is 1.01. The minimum atomic E-state index is -0.859. The average Bonchev–Trinajstić information content (AvgIpc) is 2.91. The van der Waals surface area contributed by atoms with Crippen LogP contribution in [0.4, 0.5) is 14.5 Å². The molecule has 1 heterocycles. The Bertz CT molecular complexity index is 773. The van der Waals surface area contributed by atoms with Crippen molar-refractivity contribution in [1.29, 1.82) is 0 Å². The fraction of sp³-hybridized carbons (Fsp3) is 0.400. The molecular formula is C15H18F2N4O3S. The maximum atomic E-state index is 13.6. The van der Waals surface area contributed by atoms with Crippen LogP contribution < -0.4 is 11.0 Å². The Morgan fingerprint density at radius 2 is 2.12 bits per heavy atom. The van der Waals surface area contributed by atoms with E-state index in [0.717, 1.165) is 23.9 Å². The standard InChI is InChI=1S/C15H18F2N4O3S/c1-9(13(22)18-12-10(16)5-3-6-11(12)17)25-15-20-19-14(23)21(15)7-4-8-24-2/h3,5-6,9H,4,7-8H2,1-2H3,(H,18,22)(H,19,23)/t9-/m0/s1. The van der Waals surface area contributed by atoms with E-state index < -0.39 is 34.2 Å². The summed E-state index contributed by atoms with van der Waals surface area (Å²) in [5.41, 5.74) is -0.897. The van der Waals surface area contributed by atoms with Gasteiger partial charge in [-0.25, -0.2) is 18.7 Å². The van der Waals surface area contributed by atoms with Gasteiger partial charge in [0, 0.05) is 20.3 Å². The number of rotatable bonds is 8. The van der Waals surface area contributed by atoms with Gasteiger partial charge in [0.1, 0.15) is 17.3 Å². The Balaban J connectivity index is 2.05. The van der Waals surface area contributed by atoms with Crippen LogP contribution in [0.3, 0.4) is 0 Å². The molecule has 0 fully saturated rings. The number of carbonyl (C=O) groups excluding carboxylic acids is 1. The lowest BCUT2D eigenvalue weighted by molar-refractivity contribution is -0.115. The molecule has 0 bridgehead atoms. The fourth-order valence-corrected chi connectivity index (χ4v) is 2.89. The van der Waals surface area contributed by atoms with E-state index in [1.54, 1.807) is 14.0 Å². The van der Waals surface area contributed by atoms with Crippen molar-refractivity contribution < 1.29 is 18.3 Å². The summed E-state index contributed by atoms with van der Waals surface area (Å²) in [5.74, 6) is -2.32. The molecule has 2 aromatic rings. The molecule has 0 unspecified atom stereocenters. The van der Waals surface area contributed by atoms with Crippen LogP contribution in [0.1, 0.15) is 13.3 Å². The first-order chi connectivity index (χ1) is 11.9. The van der Waals surface area contributed by atoms with Crippen LogP contribution in [0.15, 0.2) is 28.2 Å². The number of H-pyrrole nitrogens is 1. The number of nitrogens with one attached hydrogen (secondary N) is 2. The zero-order valence-corrected chi connectivity index (χ0v) is 14.5. The summed E-state index contributed by atoms with van der Waals surface area (Å²) in [5, 5.41) is 8.01. The van der Waals surface area contributed by atoms with E-state index in [1.807, 2.05) is 0 Å². The highest BCUT2D eigenvalue weighted by atomic mass is 32.2. The monoisotopic (exact) mass is 372 g/mol. The predicted octanol–water partition coefficient (Wildman–Crippen LogP) is 2.01. The van der Waals surface area contributed by atoms with Gasteiger partial charge in [-0.05, 0) is 25.5 Å². The van der Waals surface area contributed by atoms with E-state index in [1.165, 1.54) is 10.6 Å². The number of nitrogens with zero attached hydrogens (tertiary/aromatic N) is 2. The first-order valence-electron chi connectivity index (χ1n) is 7.49. The Labute approximate surface area is 146 Å². The van der Waals surface area contributed by atoms with E-state index in [4.69, 9.17) is 4.74 Å². The second kappa shape index (κ2) is 8.77. The molecule has 0 aliphatic carbocycles. The van der Waals surface area contributed by atoms with Crippen molar-refractivity contribution in [3.8, 4) is 0 Å². The van der Waals surface area contributed by atoms with Crippen molar-refractivity contribution in [2.75, 3.05) is 19.0 Å². The third kappa shape index (κ3) is 4.89. The van der Waals surface area contributed by atoms with E-state index in [-0.39, 0.29) is 0 Å². The number of hydrogen-bond acceptors (Lipinski definition) is 5. The van der Waals surface area contributed by atoms with Gasteiger partial charge in [-0.15, -0.1) is 5.10 Å². The number of hydrogen-bond donors (Lipinski definition) is 2. The second-order valence-electron chi connectivity index (χ2n) is 5.16. The van der Waals surface area contributed by atoms with Crippen LogP contribution in [-0.4, -0.2) is 39.6 Å². The number of methoxy groups -OCH3 is 1. The molecule has 7 nitrogen and oxygen atoms in total. The summed E-state index contributed by atoms with van der Waals surface area (Å²) < 4.78 is 33.5. The molecule has 0 saturated heterocycles. The highest BCUT2D eigenvalue weighted by Crippen LogP contribution is 2.23. The van der Waals surface area contributed by atoms with Crippen LogP contribution in [0, 0.1) is 11.6 Å². The molecule has 0 aliphatic heterocycles. The first-order valence-corrected chi connectivity index (χ1v) is 8.37. The lowest BCUT2D eigenvalue weighted by Gasteiger charge is -2.13. The molecule has 136 valence electrons. The summed E-state index contributed by atoms with van der Waals surface area (Å²) in [6.45, 7) is 2.41. The summed E-state index contributed by atoms with van der Waals surface area (Å²) in [6.07, 6.45) is 0.602. The van der Waals surface area contributed by atoms with Crippen molar-refractivity contribution in [1.82, 2.24) is 14.8 Å². The molecule has 1 atom stereocenters. The third-order valence-corrected chi connectivity index (χ3v) is 4.41. The molecule has 0 aliphatic rings. The minimum absolute atomic E-state index is 0.317. The Morgan fingerprint density at radius 3 is 2.76 bits per heavy atom. The van der Waals surface area contributed by atoms with Gasteiger partial charge in [-0.1, -0.05) is 17.8 Å². The van der Waals surface area contributed by atoms with Gasteiger partial charge < -0.3 is 10.1 Å². The number of aromatic amines is 1. The molecule has 1 amide bonds. The van der Waals surface area contributed by atoms with Gasteiger partial charge in [0.15, 0.2) is 5.16 Å². The number of para-hydroxylation sites is 1. The molecule has 0 saturated carbocycles. The number of amides is 1. The lowest BCUT2D eigenvalue weighted by atomic mass is 10.3. The Morgan fingerprint density at radius 1 is 1.44 bits per heavy atom. The highest BCUT2D eigenvalue weighted by molar-refractivity contribution is 8.00. The van der Waals surface area contributed by atoms with Crippen LogP contribution in [-0.2, 0) is 16.1 Å². The van der Waals surface area contributed by atoms with Crippen molar-refractivity contribution in [2.45, 2.75) is 30.3 Å². The minimum Gasteiger partial charge on any atom is -0.385 e. The largest absolute Gasteiger partial charge is 0.385 e. The van der Waals surface area contributed by atoms with Gasteiger partial charge in [0.2, 0.25) is 5.91 Å². The maximum absolute atomic E-state index is 13.6. The normalized spacial score (nSPS) is 12.2. The zero-order chi connectivity index (χ0) is 18.4. The van der Waals surface area contributed by atoms with Gasteiger partial charge in [0.25, 0.3) is 0 Å². The Hall–Kier alpha value is -2.20. The van der Waals surface area contributed by atoms with Crippen LogP contribution in [0.5, 0.6) is 0 Å². The fourth-order valence-electron chi connectivity index (χ4n) is 2.01. The van der Waals surface area contributed by atoms with Crippen molar-refractivity contribution in [2.24, 2.45) is 0 Å². The average molecular weight is 372 g/mol. The van der Waals surface area contributed by atoms with Gasteiger partial charge >= 0.3 is 5.69 Å². The molecule has 2 rings (SSSR count). The molecule has 25 heavy (non-hydrogen) atoms. The van der Waals surface area contributed by atoms with Crippen molar-refractivity contribution >= 4 is 23.4 Å². The topological polar surface area (TPSA) is 89.0 Å². The number of thioether (sulfide) groups is 1. The smallest absolute Gasteiger partial charge is 0.343 e. The molecule has 2 N–H and O–H groups in total. The number of halogens is 2. The van der Waals surface area contributed by atoms with Crippen molar-refractivity contribution in [3.05, 3.63) is 40.3 Å². The number of benzene rings is 1. The predicted molar refractivity (Wildman–Crippen MR) is 89.6 cm³/mol. The molecular weight excluding hydrogens is 354 g/mol.